The molecule has 2 rings (SSSR count). The van der Waals surface area contributed by atoms with E-state index in [1.165, 1.54) is 56.1 Å². The van der Waals surface area contributed by atoms with Crippen LogP contribution in [0, 0.1) is 0 Å². The first kappa shape index (κ1) is 16.5. The van der Waals surface area contributed by atoms with Crippen LogP contribution in [0.5, 0.6) is 0 Å². The SMILES string of the molecule is CCCNCCc1ccccc1COC1CCCCCC1. The normalized spacial score (nSPS) is 16.8. The molecule has 118 valence electrons. The zero-order chi connectivity index (χ0) is 14.8. The van der Waals surface area contributed by atoms with Crippen molar-refractivity contribution in [2.24, 2.45) is 0 Å². The maximum absolute atomic E-state index is 6.20. The highest BCUT2D eigenvalue weighted by molar-refractivity contribution is 5.26. The number of hydrogen-bond donors (Lipinski definition) is 1. The molecule has 1 aromatic carbocycles. The minimum absolute atomic E-state index is 0.485. The van der Waals surface area contributed by atoms with Crippen LogP contribution in [-0.2, 0) is 17.8 Å². The molecule has 2 nitrogen and oxygen atoms in total. The van der Waals surface area contributed by atoms with E-state index in [1.807, 2.05) is 0 Å². The Labute approximate surface area is 130 Å². The summed E-state index contributed by atoms with van der Waals surface area (Å²) < 4.78 is 6.20. The van der Waals surface area contributed by atoms with Crippen LogP contribution in [0.25, 0.3) is 0 Å². The molecule has 0 aromatic heterocycles. The maximum atomic E-state index is 6.20. The third-order valence-corrected chi connectivity index (χ3v) is 4.39. The molecule has 1 N–H and O–H groups in total. The van der Waals surface area contributed by atoms with E-state index in [0.29, 0.717) is 6.10 Å². The van der Waals surface area contributed by atoms with Gasteiger partial charge >= 0.3 is 0 Å². The smallest absolute Gasteiger partial charge is 0.0723 e. The van der Waals surface area contributed by atoms with Gasteiger partial charge < -0.3 is 10.1 Å². The standard InChI is InChI=1S/C19H31NO/c1-2-14-20-15-13-17-9-7-8-10-18(17)16-21-19-11-5-3-4-6-12-19/h7-10,19-20H,2-6,11-16H2,1H3. The average Bonchev–Trinajstić information content (AvgIpc) is 2.79. The predicted molar refractivity (Wildman–Crippen MR) is 89.6 cm³/mol. The van der Waals surface area contributed by atoms with E-state index in [-0.39, 0.29) is 0 Å². The van der Waals surface area contributed by atoms with E-state index in [4.69, 9.17) is 4.74 Å². The lowest BCUT2D eigenvalue weighted by Crippen LogP contribution is -2.18. The van der Waals surface area contributed by atoms with E-state index in [9.17, 15) is 0 Å². The number of nitrogens with one attached hydrogen (secondary N) is 1. The van der Waals surface area contributed by atoms with Crippen LogP contribution in [-0.4, -0.2) is 19.2 Å². The fourth-order valence-corrected chi connectivity index (χ4v) is 3.08. The molecule has 0 amide bonds. The molecule has 1 aliphatic rings. The topological polar surface area (TPSA) is 21.3 Å². The molecule has 0 saturated heterocycles. The minimum atomic E-state index is 0.485. The molecule has 1 aromatic rings. The molecule has 0 bridgehead atoms. The predicted octanol–water partition coefficient (Wildman–Crippen LogP) is 4.47. The van der Waals surface area contributed by atoms with E-state index in [2.05, 4.69) is 36.5 Å². The Morgan fingerprint density at radius 1 is 1.00 bits per heavy atom. The third-order valence-electron chi connectivity index (χ3n) is 4.39. The summed E-state index contributed by atoms with van der Waals surface area (Å²) >= 11 is 0. The molecule has 0 aliphatic heterocycles. The third kappa shape index (κ3) is 6.19. The zero-order valence-corrected chi connectivity index (χ0v) is 13.6. The summed E-state index contributed by atoms with van der Waals surface area (Å²) in [6.07, 6.45) is 10.7. The average molecular weight is 289 g/mol. The fourth-order valence-electron chi connectivity index (χ4n) is 3.08. The van der Waals surface area contributed by atoms with E-state index in [1.54, 1.807) is 0 Å². The second kappa shape index (κ2) is 9.97. The highest BCUT2D eigenvalue weighted by atomic mass is 16.5. The summed E-state index contributed by atoms with van der Waals surface area (Å²) in [5, 5.41) is 3.48. The van der Waals surface area contributed by atoms with Crippen LogP contribution >= 0.6 is 0 Å². The molecular formula is C19H31NO. The summed E-state index contributed by atoms with van der Waals surface area (Å²) in [6.45, 7) is 5.17. The first-order valence-corrected chi connectivity index (χ1v) is 8.79. The first-order chi connectivity index (χ1) is 10.4. The number of rotatable bonds is 8. The van der Waals surface area contributed by atoms with Crippen molar-refractivity contribution in [1.29, 1.82) is 0 Å². The molecule has 1 saturated carbocycles. The van der Waals surface area contributed by atoms with Crippen molar-refractivity contribution in [2.45, 2.75) is 71.0 Å². The maximum Gasteiger partial charge on any atom is 0.0723 e. The van der Waals surface area contributed by atoms with Gasteiger partial charge in [-0.15, -0.1) is 0 Å². The van der Waals surface area contributed by atoms with Gasteiger partial charge in [-0.2, -0.15) is 0 Å². The van der Waals surface area contributed by atoms with Crippen molar-refractivity contribution in [3.8, 4) is 0 Å². The van der Waals surface area contributed by atoms with Crippen LogP contribution in [0.3, 0.4) is 0 Å². The zero-order valence-electron chi connectivity index (χ0n) is 13.6. The Morgan fingerprint density at radius 3 is 2.43 bits per heavy atom. The van der Waals surface area contributed by atoms with Crippen molar-refractivity contribution in [2.75, 3.05) is 13.1 Å². The van der Waals surface area contributed by atoms with Gasteiger partial charge in [0.05, 0.1) is 12.7 Å². The number of benzene rings is 1. The second-order valence-electron chi connectivity index (χ2n) is 6.19. The van der Waals surface area contributed by atoms with Crippen molar-refractivity contribution < 1.29 is 4.74 Å². The van der Waals surface area contributed by atoms with Crippen LogP contribution in [0.1, 0.15) is 63.0 Å². The minimum Gasteiger partial charge on any atom is -0.374 e. The molecule has 0 unspecified atom stereocenters. The molecule has 2 heteroatoms. The quantitative estimate of drug-likeness (QED) is 0.563. The van der Waals surface area contributed by atoms with Gasteiger partial charge in [-0.3, -0.25) is 0 Å². The van der Waals surface area contributed by atoms with Crippen LogP contribution in [0.2, 0.25) is 0 Å². The van der Waals surface area contributed by atoms with Crippen molar-refractivity contribution in [3.05, 3.63) is 35.4 Å². The molecule has 0 heterocycles. The highest BCUT2D eigenvalue weighted by Crippen LogP contribution is 2.21. The number of hydrogen-bond acceptors (Lipinski definition) is 2. The summed E-state index contributed by atoms with van der Waals surface area (Å²) in [5.41, 5.74) is 2.81. The van der Waals surface area contributed by atoms with E-state index < -0.39 is 0 Å². The molecule has 0 atom stereocenters. The van der Waals surface area contributed by atoms with E-state index >= 15 is 0 Å². The highest BCUT2D eigenvalue weighted by Gasteiger charge is 2.13. The Bertz CT molecular complexity index is 383. The fraction of sp³-hybridized carbons (Fsp3) is 0.684. The summed E-state index contributed by atoms with van der Waals surface area (Å²) in [7, 11) is 0. The number of ether oxygens (including phenoxy) is 1. The van der Waals surface area contributed by atoms with Crippen LogP contribution in [0.4, 0.5) is 0 Å². The second-order valence-corrected chi connectivity index (χ2v) is 6.19. The van der Waals surface area contributed by atoms with Gasteiger partial charge in [0, 0.05) is 0 Å². The molecule has 0 radical (unpaired) electrons. The van der Waals surface area contributed by atoms with Crippen LogP contribution < -0.4 is 5.32 Å². The summed E-state index contributed by atoms with van der Waals surface area (Å²) in [4.78, 5) is 0. The molecular weight excluding hydrogens is 258 g/mol. The molecule has 0 spiro atoms. The van der Waals surface area contributed by atoms with Gasteiger partial charge in [0.25, 0.3) is 0 Å². The molecule has 21 heavy (non-hydrogen) atoms. The van der Waals surface area contributed by atoms with Gasteiger partial charge in [-0.05, 0) is 49.9 Å². The lowest BCUT2D eigenvalue weighted by atomic mass is 10.0. The van der Waals surface area contributed by atoms with Gasteiger partial charge in [-0.1, -0.05) is 56.9 Å². The summed E-state index contributed by atoms with van der Waals surface area (Å²) in [6, 6.07) is 8.75. The Balaban J connectivity index is 1.81. The lowest BCUT2D eigenvalue weighted by Gasteiger charge is -2.17. The van der Waals surface area contributed by atoms with Crippen molar-refractivity contribution in [3.63, 3.8) is 0 Å². The van der Waals surface area contributed by atoms with Gasteiger partial charge in [-0.25, -0.2) is 0 Å². The van der Waals surface area contributed by atoms with Crippen LogP contribution in [0.15, 0.2) is 24.3 Å². The molecule has 1 fully saturated rings. The first-order valence-electron chi connectivity index (χ1n) is 8.79. The van der Waals surface area contributed by atoms with Gasteiger partial charge in [0.15, 0.2) is 0 Å². The Kier molecular flexibility index (Phi) is 7.83. The summed E-state index contributed by atoms with van der Waals surface area (Å²) in [5.74, 6) is 0. The lowest BCUT2D eigenvalue weighted by molar-refractivity contribution is 0.0306. The Morgan fingerprint density at radius 2 is 1.71 bits per heavy atom. The largest absolute Gasteiger partial charge is 0.374 e. The van der Waals surface area contributed by atoms with Crippen molar-refractivity contribution >= 4 is 0 Å². The monoisotopic (exact) mass is 289 g/mol. The van der Waals surface area contributed by atoms with E-state index in [0.717, 1.165) is 26.1 Å². The van der Waals surface area contributed by atoms with Crippen molar-refractivity contribution in [1.82, 2.24) is 5.32 Å². The van der Waals surface area contributed by atoms with Gasteiger partial charge in [0.1, 0.15) is 0 Å². The Hall–Kier alpha value is -0.860. The molecule has 1 aliphatic carbocycles. The van der Waals surface area contributed by atoms with Gasteiger partial charge in [0.2, 0.25) is 0 Å².